The Kier molecular flexibility index (Phi) is 1.81. The fourth-order valence-corrected chi connectivity index (χ4v) is 1.85. The van der Waals surface area contributed by atoms with Gasteiger partial charge < -0.3 is 9.72 Å². The van der Waals surface area contributed by atoms with E-state index in [1.54, 1.807) is 6.33 Å². The average Bonchev–Trinajstić information content (AvgIpc) is 2.85. The summed E-state index contributed by atoms with van der Waals surface area (Å²) in [5.74, 6) is 0. The number of ether oxygens (including phenoxy) is 1. The van der Waals surface area contributed by atoms with Gasteiger partial charge in [-0.25, -0.2) is 9.97 Å². The zero-order valence-electron chi connectivity index (χ0n) is 8.01. The molecular weight excluding hydrogens is 196 g/mol. The summed E-state index contributed by atoms with van der Waals surface area (Å²) < 4.78 is 7.33. The monoisotopic (exact) mass is 206 g/mol. The molecule has 0 saturated carbocycles. The predicted molar refractivity (Wildman–Crippen MR) is 52.4 cm³/mol. The van der Waals surface area contributed by atoms with Crippen LogP contribution in [0.3, 0.4) is 0 Å². The second-order valence-corrected chi connectivity index (χ2v) is 3.52. The third kappa shape index (κ3) is 1.25. The highest BCUT2D eigenvalue weighted by Gasteiger charge is 2.20. The molecule has 3 heterocycles. The molecule has 1 unspecified atom stereocenters. The minimum atomic E-state index is -0.211. The van der Waals surface area contributed by atoms with E-state index in [1.165, 1.54) is 6.33 Å². The highest BCUT2D eigenvalue weighted by molar-refractivity contribution is 5.68. The maximum atomic E-state index is 11.4. The van der Waals surface area contributed by atoms with Crippen molar-refractivity contribution in [2.45, 2.75) is 19.1 Å². The molecular formula is C9H10N4O2. The lowest BCUT2D eigenvalue weighted by Crippen LogP contribution is -2.10. The number of rotatable bonds is 1. The zero-order valence-corrected chi connectivity index (χ0v) is 8.01. The van der Waals surface area contributed by atoms with Crippen molar-refractivity contribution >= 4 is 11.2 Å². The number of fused-ring (bicyclic) bond motifs is 1. The summed E-state index contributed by atoms with van der Waals surface area (Å²) in [6.07, 6.45) is 4.96. The first-order chi connectivity index (χ1) is 7.36. The van der Waals surface area contributed by atoms with E-state index in [4.69, 9.17) is 4.74 Å². The zero-order chi connectivity index (χ0) is 10.3. The van der Waals surface area contributed by atoms with E-state index in [0.717, 1.165) is 19.4 Å². The van der Waals surface area contributed by atoms with Gasteiger partial charge in [0.2, 0.25) is 0 Å². The van der Waals surface area contributed by atoms with Crippen LogP contribution in [0.15, 0.2) is 17.4 Å². The van der Waals surface area contributed by atoms with Gasteiger partial charge in [0.25, 0.3) is 5.56 Å². The number of nitrogens with zero attached hydrogens (tertiary/aromatic N) is 3. The molecule has 0 amide bonds. The fraction of sp³-hybridized carbons (Fsp3) is 0.444. The van der Waals surface area contributed by atoms with E-state index in [2.05, 4.69) is 15.0 Å². The standard InChI is InChI=1S/C9H10N4O2/c14-9-7-8(10-4-11-9)13(5-12-7)6-2-1-3-15-6/h4-6H,1-3H2,(H,10,11,14). The third-order valence-corrected chi connectivity index (χ3v) is 2.58. The van der Waals surface area contributed by atoms with Crippen LogP contribution in [0.5, 0.6) is 0 Å². The molecule has 0 aliphatic carbocycles. The highest BCUT2D eigenvalue weighted by atomic mass is 16.5. The van der Waals surface area contributed by atoms with Gasteiger partial charge in [-0.15, -0.1) is 0 Å². The second-order valence-electron chi connectivity index (χ2n) is 3.52. The van der Waals surface area contributed by atoms with Crippen LogP contribution in [0, 0.1) is 0 Å². The topological polar surface area (TPSA) is 72.8 Å². The molecule has 1 saturated heterocycles. The van der Waals surface area contributed by atoms with Crippen LogP contribution in [0.4, 0.5) is 0 Å². The molecule has 2 aromatic heterocycles. The van der Waals surface area contributed by atoms with Crippen LogP contribution in [0.25, 0.3) is 11.2 Å². The minimum absolute atomic E-state index is 0.0238. The Morgan fingerprint density at radius 3 is 3.27 bits per heavy atom. The van der Waals surface area contributed by atoms with Crippen molar-refractivity contribution < 1.29 is 4.74 Å². The lowest BCUT2D eigenvalue weighted by Gasteiger charge is -2.10. The molecule has 6 nitrogen and oxygen atoms in total. The molecule has 0 spiro atoms. The van der Waals surface area contributed by atoms with Crippen LogP contribution in [0.2, 0.25) is 0 Å². The Morgan fingerprint density at radius 1 is 1.53 bits per heavy atom. The fourth-order valence-electron chi connectivity index (χ4n) is 1.85. The van der Waals surface area contributed by atoms with Crippen molar-refractivity contribution in [3.8, 4) is 0 Å². The Morgan fingerprint density at radius 2 is 2.47 bits per heavy atom. The molecule has 6 heteroatoms. The molecule has 1 N–H and O–H groups in total. The number of hydrogen-bond donors (Lipinski definition) is 1. The summed E-state index contributed by atoms with van der Waals surface area (Å²) >= 11 is 0. The van der Waals surface area contributed by atoms with Gasteiger partial charge in [-0.05, 0) is 12.8 Å². The van der Waals surface area contributed by atoms with Gasteiger partial charge in [-0.1, -0.05) is 0 Å². The third-order valence-electron chi connectivity index (χ3n) is 2.58. The van der Waals surface area contributed by atoms with Gasteiger partial charge in [0.15, 0.2) is 11.2 Å². The predicted octanol–water partition coefficient (Wildman–Crippen LogP) is 0.429. The van der Waals surface area contributed by atoms with E-state index in [1.807, 2.05) is 4.57 Å². The molecule has 0 aromatic carbocycles. The second kappa shape index (κ2) is 3.16. The lowest BCUT2D eigenvalue weighted by atomic mass is 10.3. The van der Waals surface area contributed by atoms with Crippen molar-refractivity contribution in [3.05, 3.63) is 23.0 Å². The molecule has 1 aliphatic heterocycles. The summed E-state index contributed by atoms with van der Waals surface area (Å²) in [5, 5.41) is 0. The largest absolute Gasteiger partial charge is 0.358 e. The van der Waals surface area contributed by atoms with Crippen molar-refractivity contribution in [1.29, 1.82) is 0 Å². The van der Waals surface area contributed by atoms with E-state index >= 15 is 0 Å². The van der Waals surface area contributed by atoms with Crippen LogP contribution in [0.1, 0.15) is 19.1 Å². The van der Waals surface area contributed by atoms with E-state index in [0.29, 0.717) is 11.2 Å². The minimum Gasteiger partial charge on any atom is -0.358 e. The number of hydrogen-bond acceptors (Lipinski definition) is 4. The SMILES string of the molecule is O=c1[nH]cnc2c1ncn2C1CCCO1. The van der Waals surface area contributed by atoms with E-state index in [9.17, 15) is 4.79 Å². The quantitative estimate of drug-likeness (QED) is 0.734. The smallest absolute Gasteiger partial charge is 0.278 e. The molecule has 78 valence electrons. The van der Waals surface area contributed by atoms with Gasteiger partial charge in [0, 0.05) is 6.61 Å². The van der Waals surface area contributed by atoms with E-state index in [-0.39, 0.29) is 11.8 Å². The van der Waals surface area contributed by atoms with Crippen LogP contribution >= 0.6 is 0 Å². The lowest BCUT2D eigenvalue weighted by molar-refractivity contribution is 0.0593. The van der Waals surface area contributed by atoms with E-state index < -0.39 is 0 Å². The molecule has 0 radical (unpaired) electrons. The van der Waals surface area contributed by atoms with Crippen LogP contribution in [-0.4, -0.2) is 26.1 Å². The number of H-pyrrole nitrogens is 1. The Bertz CT molecular complexity index is 538. The number of aromatic nitrogens is 4. The first kappa shape index (κ1) is 8.60. The van der Waals surface area contributed by atoms with Gasteiger partial charge in [0.05, 0.1) is 12.7 Å². The molecule has 1 aliphatic rings. The van der Waals surface area contributed by atoms with Crippen LogP contribution < -0.4 is 5.56 Å². The number of imidazole rings is 1. The summed E-state index contributed by atoms with van der Waals surface area (Å²) in [5.41, 5.74) is 0.746. The Balaban J connectivity index is 2.19. The Labute approximate surface area is 84.9 Å². The summed E-state index contributed by atoms with van der Waals surface area (Å²) in [7, 11) is 0. The van der Waals surface area contributed by atoms with Gasteiger partial charge in [0.1, 0.15) is 6.23 Å². The first-order valence-corrected chi connectivity index (χ1v) is 4.88. The first-order valence-electron chi connectivity index (χ1n) is 4.88. The molecule has 1 fully saturated rings. The van der Waals surface area contributed by atoms with Crippen molar-refractivity contribution in [3.63, 3.8) is 0 Å². The van der Waals surface area contributed by atoms with Crippen molar-refractivity contribution in [2.24, 2.45) is 0 Å². The molecule has 1 atom stereocenters. The van der Waals surface area contributed by atoms with Crippen molar-refractivity contribution in [2.75, 3.05) is 6.61 Å². The molecule has 3 rings (SSSR count). The normalized spacial score (nSPS) is 21.2. The van der Waals surface area contributed by atoms with Gasteiger partial charge in [-0.3, -0.25) is 9.36 Å². The Hall–Kier alpha value is -1.69. The molecule has 0 bridgehead atoms. The highest BCUT2D eigenvalue weighted by Crippen LogP contribution is 2.24. The van der Waals surface area contributed by atoms with Gasteiger partial charge in [-0.2, -0.15) is 0 Å². The van der Waals surface area contributed by atoms with Crippen LogP contribution in [-0.2, 0) is 4.74 Å². The average molecular weight is 206 g/mol. The maximum Gasteiger partial charge on any atom is 0.278 e. The number of nitrogens with one attached hydrogen (secondary N) is 1. The maximum absolute atomic E-state index is 11.4. The summed E-state index contributed by atoms with van der Waals surface area (Å²) in [6.45, 7) is 0.757. The summed E-state index contributed by atoms with van der Waals surface area (Å²) in [4.78, 5) is 22.0. The van der Waals surface area contributed by atoms with Gasteiger partial charge >= 0.3 is 0 Å². The summed E-state index contributed by atoms with van der Waals surface area (Å²) in [6, 6.07) is 0. The molecule has 2 aromatic rings. The van der Waals surface area contributed by atoms with Crippen molar-refractivity contribution in [1.82, 2.24) is 19.5 Å². The molecule has 15 heavy (non-hydrogen) atoms. The number of aromatic amines is 1.